The highest BCUT2D eigenvalue weighted by Crippen LogP contribution is 2.30. The van der Waals surface area contributed by atoms with Crippen molar-refractivity contribution in [2.45, 2.75) is 24.4 Å². The lowest BCUT2D eigenvalue weighted by Gasteiger charge is -2.34. The minimum absolute atomic E-state index is 0.0582. The van der Waals surface area contributed by atoms with Crippen LogP contribution in [0.5, 0.6) is 11.5 Å². The van der Waals surface area contributed by atoms with E-state index in [0.717, 1.165) is 0 Å². The van der Waals surface area contributed by atoms with Gasteiger partial charge in [0.25, 0.3) is 11.8 Å². The number of nitrogens with one attached hydrogen (secondary N) is 2. The summed E-state index contributed by atoms with van der Waals surface area (Å²) in [6, 6.07) is 7.07. The first kappa shape index (κ1) is 16.6. The van der Waals surface area contributed by atoms with E-state index in [4.69, 9.17) is 18.9 Å². The standard InChI is InChI=1S/C18H18N2O6/c21-17(15-9-23-11-5-1-3-7-13(11)25-15)19-20-18(22)16-10-24-12-6-2-4-8-14(12)26-16/h1-8,11,13,15-16H,9-10H2,(H,19,21)(H,20,22)/t11-,13+,15+,16+/m1/s1. The highest BCUT2D eigenvalue weighted by Gasteiger charge is 2.34. The molecule has 0 aromatic heterocycles. The second kappa shape index (κ2) is 7.19. The molecule has 0 unspecified atom stereocenters. The van der Waals surface area contributed by atoms with Crippen LogP contribution in [0.2, 0.25) is 0 Å². The van der Waals surface area contributed by atoms with Gasteiger partial charge in [-0.3, -0.25) is 20.4 Å². The maximum Gasteiger partial charge on any atom is 0.283 e. The van der Waals surface area contributed by atoms with E-state index in [1.54, 1.807) is 18.2 Å². The number of rotatable bonds is 2. The number of carbonyl (C=O) groups is 2. The lowest BCUT2D eigenvalue weighted by Crippen LogP contribution is -2.56. The van der Waals surface area contributed by atoms with Crippen molar-refractivity contribution >= 4 is 11.8 Å². The van der Waals surface area contributed by atoms with E-state index in [-0.39, 0.29) is 25.4 Å². The summed E-state index contributed by atoms with van der Waals surface area (Å²) in [5.74, 6) is 0.0646. The van der Waals surface area contributed by atoms with Crippen molar-refractivity contribution in [2.75, 3.05) is 13.2 Å². The summed E-state index contributed by atoms with van der Waals surface area (Å²) in [5, 5.41) is 0. The fourth-order valence-corrected chi connectivity index (χ4v) is 2.84. The van der Waals surface area contributed by atoms with Crippen molar-refractivity contribution in [3.8, 4) is 11.5 Å². The maximum absolute atomic E-state index is 12.2. The van der Waals surface area contributed by atoms with Crippen molar-refractivity contribution < 1.29 is 28.5 Å². The van der Waals surface area contributed by atoms with E-state index in [1.807, 2.05) is 30.4 Å². The molecule has 4 rings (SSSR count). The quantitative estimate of drug-likeness (QED) is 0.736. The third kappa shape index (κ3) is 3.42. The summed E-state index contributed by atoms with van der Waals surface area (Å²) in [7, 11) is 0. The van der Waals surface area contributed by atoms with Gasteiger partial charge < -0.3 is 18.9 Å². The van der Waals surface area contributed by atoms with Crippen molar-refractivity contribution in [3.63, 3.8) is 0 Å². The molecule has 1 aliphatic carbocycles. The SMILES string of the molecule is O=C(NNC(=O)[C@@H]1CO[C@@H]2C=CC=C[C@@H]2O1)[C@@H]1COc2ccccc2O1. The summed E-state index contributed by atoms with van der Waals surface area (Å²) in [6.45, 7) is 0.167. The Kier molecular flexibility index (Phi) is 4.59. The number of fused-ring (bicyclic) bond motifs is 2. The lowest BCUT2D eigenvalue weighted by molar-refractivity contribution is -0.169. The molecule has 0 spiro atoms. The molecule has 2 heterocycles. The number of ether oxygens (including phenoxy) is 4. The molecule has 136 valence electrons. The van der Waals surface area contributed by atoms with Gasteiger partial charge in [0, 0.05) is 0 Å². The third-order valence-electron chi connectivity index (χ3n) is 4.20. The summed E-state index contributed by atoms with van der Waals surface area (Å²) < 4.78 is 22.4. The molecule has 3 aliphatic rings. The zero-order valence-electron chi connectivity index (χ0n) is 13.8. The Hall–Kier alpha value is -2.84. The number of allylic oxidation sites excluding steroid dienone is 2. The van der Waals surface area contributed by atoms with Gasteiger partial charge in [-0.05, 0) is 12.1 Å². The summed E-state index contributed by atoms with van der Waals surface area (Å²) in [5.41, 5.74) is 4.69. The molecule has 1 fully saturated rings. The molecule has 0 bridgehead atoms. The van der Waals surface area contributed by atoms with Crippen LogP contribution in [0.15, 0.2) is 48.6 Å². The highest BCUT2D eigenvalue weighted by atomic mass is 16.6. The molecule has 1 aromatic carbocycles. The van der Waals surface area contributed by atoms with Gasteiger partial charge in [-0.2, -0.15) is 0 Å². The van der Waals surface area contributed by atoms with Gasteiger partial charge >= 0.3 is 0 Å². The van der Waals surface area contributed by atoms with Crippen LogP contribution in [0, 0.1) is 0 Å². The number of amides is 2. The first-order valence-electron chi connectivity index (χ1n) is 8.31. The van der Waals surface area contributed by atoms with Crippen LogP contribution in [-0.2, 0) is 19.1 Å². The van der Waals surface area contributed by atoms with E-state index in [1.165, 1.54) is 0 Å². The Bertz CT molecular complexity index is 762. The first-order valence-corrected chi connectivity index (χ1v) is 8.31. The summed E-state index contributed by atoms with van der Waals surface area (Å²) in [6.07, 6.45) is 5.24. The predicted octanol–water partition coefficient (Wildman–Crippen LogP) is 0.252. The number of benzene rings is 1. The second-order valence-corrected chi connectivity index (χ2v) is 6.00. The monoisotopic (exact) mass is 358 g/mol. The average Bonchev–Trinajstić information content (AvgIpc) is 2.71. The van der Waals surface area contributed by atoms with E-state index in [2.05, 4.69) is 10.9 Å². The average molecular weight is 358 g/mol. The molecular formula is C18H18N2O6. The van der Waals surface area contributed by atoms with Gasteiger partial charge in [0.05, 0.1) is 6.61 Å². The Morgan fingerprint density at radius 2 is 1.58 bits per heavy atom. The topological polar surface area (TPSA) is 95.1 Å². The molecule has 1 aromatic rings. The van der Waals surface area contributed by atoms with E-state index >= 15 is 0 Å². The molecule has 2 N–H and O–H groups in total. The smallest absolute Gasteiger partial charge is 0.283 e. The van der Waals surface area contributed by atoms with Gasteiger partial charge in [0.1, 0.15) is 18.8 Å². The Morgan fingerprint density at radius 1 is 0.885 bits per heavy atom. The van der Waals surface area contributed by atoms with Crippen molar-refractivity contribution in [2.24, 2.45) is 0 Å². The van der Waals surface area contributed by atoms with Gasteiger partial charge in [0.15, 0.2) is 17.6 Å². The molecule has 0 radical (unpaired) electrons. The fraction of sp³-hybridized carbons (Fsp3) is 0.333. The summed E-state index contributed by atoms with van der Waals surface area (Å²) >= 11 is 0. The van der Waals surface area contributed by atoms with E-state index < -0.39 is 24.0 Å². The predicted molar refractivity (Wildman–Crippen MR) is 89.3 cm³/mol. The highest BCUT2D eigenvalue weighted by molar-refractivity contribution is 5.87. The number of para-hydroxylation sites is 2. The zero-order chi connectivity index (χ0) is 17.9. The van der Waals surface area contributed by atoms with Gasteiger partial charge in [-0.25, -0.2) is 0 Å². The maximum atomic E-state index is 12.2. The molecule has 2 amide bonds. The van der Waals surface area contributed by atoms with Crippen molar-refractivity contribution in [3.05, 3.63) is 48.6 Å². The molecule has 0 saturated carbocycles. The lowest BCUT2D eigenvalue weighted by atomic mass is 10.1. The molecule has 26 heavy (non-hydrogen) atoms. The first-order chi connectivity index (χ1) is 12.7. The molecular weight excluding hydrogens is 340 g/mol. The normalized spacial score (nSPS) is 28.8. The Labute approximate surface area is 149 Å². The minimum Gasteiger partial charge on any atom is -0.485 e. The second-order valence-electron chi connectivity index (χ2n) is 6.00. The molecule has 8 heteroatoms. The number of hydrogen-bond donors (Lipinski definition) is 2. The number of hydrogen-bond acceptors (Lipinski definition) is 6. The van der Waals surface area contributed by atoms with Crippen molar-refractivity contribution in [1.82, 2.24) is 10.9 Å². The van der Waals surface area contributed by atoms with Crippen LogP contribution in [0.1, 0.15) is 0 Å². The summed E-state index contributed by atoms with van der Waals surface area (Å²) in [4.78, 5) is 24.4. The van der Waals surface area contributed by atoms with Crippen LogP contribution in [0.4, 0.5) is 0 Å². The van der Waals surface area contributed by atoms with Gasteiger partial charge in [-0.1, -0.05) is 36.4 Å². The van der Waals surface area contributed by atoms with Crippen molar-refractivity contribution in [1.29, 1.82) is 0 Å². The van der Waals surface area contributed by atoms with E-state index in [0.29, 0.717) is 11.5 Å². The largest absolute Gasteiger partial charge is 0.485 e. The third-order valence-corrected chi connectivity index (χ3v) is 4.20. The number of hydrazine groups is 1. The van der Waals surface area contributed by atoms with Crippen LogP contribution in [0.3, 0.4) is 0 Å². The minimum atomic E-state index is -0.857. The van der Waals surface area contributed by atoms with Crippen LogP contribution >= 0.6 is 0 Å². The number of carbonyl (C=O) groups excluding carboxylic acids is 2. The zero-order valence-corrected chi connectivity index (χ0v) is 13.8. The molecule has 2 aliphatic heterocycles. The molecule has 4 atom stereocenters. The van der Waals surface area contributed by atoms with Crippen LogP contribution in [0.25, 0.3) is 0 Å². The van der Waals surface area contributed by atoms with Gasteiger partial charge in [0.2, 0.25) is 6.10 Å². The van der Waals surface area contributed by atoms with E-state index in [9.17, 15) is 9.59 Å². The van der Waals surface area contributed by atoms with Crippen LogP contribution in [-0.4, -0.2) is 49.4 Å². The van der Waals surface area contributed by atoms with Crippen LogP contribution < -0.4 is 20.3 Å². The Balaban J connectivity index is 1.27. The Morgan fingerprint density at radius 3 is 2.38 bits per heavy atom. The van der Waals surface area contributed by atoms with Gasteiger partial charge in [-0.15, -0.1) is 0 Å². The molecule has 1 saturated heterocycles. The fourth-order valence-electron chi connectivity index (χ4n) is 2.84. The molecule has 8 nitrogen and oxygen atoms in total.